The second-order valence-corrected chi connectivity index (χ2v) is 3.04. The van der Waals surface area contributed by atoms with Gasteiger partial charge in [0.1, 0.15) is 17.7 Å². The highest BCUT2D eigenvalue weighted by Crippen LogP contribution is 2.42. The number of hydrogen-bond donors (Lipinski definition) is 0. The Morgan fingerprint density at radius 3 is 2.38 bits per heavy atom. The van der Waals surface area contributed by atoms with E-state index in [1.807, 2.05) is 0 Å². The predicted molar refractivity (Wildman–Crippen MR) is 42.9 cm³/mol. The van der Waals surface area contributed by atoms with Crippen LogP contribution in [-0.4, -0.2) is 20.5 Å². The summed E-state index contributed by atoms with van der Waals surface area (Å²) in [6.45, 7) is 0. The fourth-order valence-electron chi connectivity index (χ4n) is 1.13. The zero-order valence-electron chi connectivity index (χ0n) is 7.54. The van der Waals surface area contributed by atoms with Crippen LogP contribution in [0.2, 0.25) is 0 Å². The van der Waals surface area contributed by atoms with Crippen LogP contribution in [0, 0.1) is 0 Å². The first kappa shape index (κ1) is 10.8. The van der Waals surface area contributed by atoms with Gasteiger partial charge in [-0.2, -0.15) is 22.0 Å². The molecule has 0 fully saturated rings. The summed E-state index contributed by atoms with van der Waals surface area (Å²) in [4.78, 5) is 6.67. The van der Waals surface area contributed by atoms with E-state index in [4.69, 9.17) is 0 Å². The third-order valence-electron chi connectivity index (χ3n) is 1.96. The molecule has 0 aliphatic rings. The maximum absolute atomic E-state index is 12.9. The molecule has 2 rings (SSSR count). The Hall–Kier alpha value is -1.73. The zero-order valence-corrected chi connectivity index (χ0v) is 7.54. The Balaban J connectivity index is 2.54. The van der Waals surface area contributed by atoms with Crippen molar-refractivity contribution in [3.05, 3.63) is 30.5 Å². The van der Waals surface area contributed by atoms with Crippen molar-refractivity contribution in [2.45, 2.75) is 12.1 Å². The Labute approximate surface area is 85.5 Å². The molecule has 0 saturated heterocycles. The van der Waals surface area contributed by atoms with Crippen molar-refractivity contribution in [2.24, 2.45) is 0 Å². The minimum Gasteiger partial charge on any atom is -0.290 e. The van der Waals surface area contributed by atoms with E-state index < -0.39 is 17.8 Å². The van der Waals surface area contributed by atoms with E-state index in [0.717, 1.165) is 6.33 Å². The summed E-state index contributed by atoms with van der Waals surface area (Å²) in [6.07, 6.45) is -2.15. The Morgan fingerprint density at radius 2 is 1.75 bits per heavy atom. The van der Waals surface area contributed by atoms with Gasteiger partial charge in [-0.25, -0.2) is 9.97 Å². The Morgan fingerprint density at radius 1 is 1.06 bits per heavy atom. The number of imidazole rings is 1. The van der Waals surface area contributed by atoms with Crippen LogP contribution in [-0.2, 0) is 5.92 Å². The molecule has 0 aromatic carbocycles. The molecule has 0 atom stereocenters. The third kappa shape index (κ3) is 1.50. The maximum atomic E-state index is 12.9. The molecule has 2 heterocycles. The van der Waals surface area contributed by atoms with E-state index in [2.05, 4.69) is 9.97 Å². The van der Waals surface area contributed by atoms with E-state index in [1.54, 1.807) is 0 Å². The highest BCUT2D eigenvalue weighted by molar-refractivity contribution is 5.39. The molecule has 0 unspecified atom stereocenters. The minimum absolute atomic E-state index is 0.0195. The molecule has 0 aliphatic heterocycles. The van der Waals surface area contributed by atoms with Gasteiger partial charge in [-0.15, -0.1) is 0 Å². The van der Waals surface area contributed by atoms with Crippen molar-refractivity contribution in [1.82, 2.24) is 14.4 Å². The lowest BCUT2D eigenvalue weighted by Crippen LogP contribution is -2.34. The van der Waals surface area contributed by atoms with Gasteiger partial charge in [0, 0.05) is 18.5 Å². The lowest BCUT2D eigenvalue weighted by Gasteiger charge is -2.18. The van der Waals surface area contributed by atoms with E-state index in [-0.39, 0.29) is 5.65 Å². The number of halogens is 5. The highest BCUT2D eigenvalue weighted by atomic mass is 19.4. The average molecular weight is 237 g/mol. The van der Waals surface area contributed by atoms with Gasteiger partial charge in [-0.05, 0) is 0 Å². The van der Waals surface area contributed by atoms with Crippen LogP contribution in [0.5, 0.6) is 0 Å². The first-order chi connectivity index (χ1) is 7.32. The topological polar surface area (TPSA) is 30.2 Å². The van der Waals surface area contributed by atoms with E-state index in [9.17, 15) is 22.0 Å². The van der Waals surface area contributed by atoms with Crippen LogP contribution in [0.25, 0.3) is 5.65 Å². The molecule has 8 heteroatoms. The number of rotatable bonds is 1. The third-order valence-corrected chi connectivity index (χ3v) is 1.96. The van der Waals surface area contributed by atoms with Crippen molar-refractivity contribution in [1.29, 1.82) is 0 Å². The molecule has 0 radical (unpaired) electrons. The number of nitrogens with zero attached hydrogens (tertiary/aromatic N) is 3. The van der Waals surface area contributed by atoms with Gasteiger partial charge >= 0.3 is 12.1 Å². The summed E-state index contributed by atoms with van der Waals surface area (Å²) in [5, 5.41) is 0. The number of hydrogen-bond acceptors (Lipinski definition) is 2. The smallest absolute Gasteiger partial charge is 0.290 e. The lowest BCUT2D eigenvalue weighted by atomic mass is 10.2. The Bertz CT molecular complexity index is 516. The predicted octanol–water partition coefficient (Wildman–Crippen LogP) is 2.38. The van der Waals surface area contributed by atoms with E-state index in [0.29, 0.717) is 6.07 Å². The van der Waals surface area contributed by atoms with Crippen LogP contribution in [0.4, 0.5) is 22.0 Å². The number of fused-ring (bicyclic) bond motifs is 1. The van der Waals surface area contributed by atoms with Gasteiger partial charge in [0.05, 0.1) is 0 Å². The first-order valence-electron chi connectivity index (χ1n) is 4.06. The molecule has 2 aromatic heterocycles. The molecular weight excluding hydrogens is 233 g/mol. The summed E-state index contributed by atoms with van der Waals surface area (Å²) >= 11 is 0. The summed E-state index contributed by atoms with van der Waals surface area (Å²) in [5.74, 6) is -4.97. The van der Waals surface area contributed by atoms with Crippen LogP contribution in [0.1, 0.15) is 5.69 Å². The van der Waals surface area contributed by atoms with Crippen molar-refractivity contribution >= 4 is 5.65 Å². The van der Waals surface area contributed by atoms with Gasteiger partial charge in [-0.3, -0.25) is 4.40 Å². The molecule has 0 bridgehead atoms. The van der Waals surface area contributed by atoms with Crippen LogP contribution >= 0.6 is 0 Å². The maximum Gasteiger partial charge on any atom is 0.459 e. The molecule has 16 heavy (non-hydrogen) atoms. The highest BCUT2D eigenvalue weighted by Gasteiger charge is 2.60. The van der Waals surface area contributed by atoms with Gasteiger partial charge in [0.15, 0.2) is 0 Å². The van der Waals surface area contributed by atoms with Crippen molar-refractivity contribution in [3.8, 4) is 0 Å². The minimum atomic E-state index is -5.66. The first-order valence-corrected chi connectivity index (χ1v) is 4.06. The molecule has 0 amide bonds. The lowest BCUT2D eigenvalue weighted by molar-refractivity contribution is -0.290. The average Bonchev–Trinajstić information content (AvgIpc) is 2.61. The van der Waals surface area contributed by atoms with Crippen LogP contribution in [0.3, 0.4) is 0 Å². The molecule has 0 saturated carbocycles. The quantitative estimate of drug-likeness (QED) is 0.713. The van der Waals surface area contributed by atoms with Crippen molar-refractivity contribution < 1.29 is 22.0 Å². The van der Waals surface area contributed by atoms with Gasteiger partial charge in [-0.1, -0.05) is 0 Å². The normalized spacial score (nSPS) is 13.3. The van der Waals surface area contributed by atoms with Crippen molar-refractivity contribution in [2.75, 3.05) is 0 Å². The van der Waals surface area contributed by atoms with Crippen LogP contribution < -0.4 is 0 Å². The molecule has 0 N–H and O–H groups in total. The number of aromatic nitrogens is 3. The molecule has 0 spiro atoms. The second kappa shape index (κ2) is 3.13. The fourth-order valence-corrected chi connectivity index (χ4v) is 1.13. The SMILES string of the molecule is FC(F)(F)C(F)(F)c1cc2nccn2cn1. The van der Waals surface area contributed by atoms with E-state index in [1.165, 1.54) is 16.8 Å². The molecule has 86 valence electrons. The van der Waals surface area contributed by atoms with Crippen molar-refractivity contribution in [3.63, 3.8) is 0 Å². The largest absolute Gasteiger partial charge is 0.459 e. The second-order valence-electron chi connectivity index (χ2n) is 3.04. The zero-order chi connectivity index (χ0) is 12.0. The van der Waals surface area contributed by atoms with Gasteiger partial charge in [0.2, 0.25) is 0 Å². The number of alkyl halides is 5. The Kier molecular flexibility index (Phi) is 2.11. The van der Waals surface area contributed by atoms with Crippen LogP contribution in [0.15, 0.2) is 24.8 Å². The summed E-state index contributed by atoms with van der Waals surface area (Å²) in [5.41, 5.74) is -1.38. The summed E-state index contributed by atoms with van der Waals surface area (Å²) in [6, 6.07) is 0.605. The molecule has 2 aromatic rings. The fraction of sp³-hybridized carbons (Fsp3) is 0.250. The van der Waals surface area contributed by atoms with Gasteiger partial charge in [0.25, 0.3) is 0 Å². The molecular formula is C8H4F5N3. The molecule has 3 nitrogen and oxygen atoms in total. The summed E-state index contributed by atoms with van der Waals surface area (Å²) < 4.78 is 63.1. The standard InChI is InChI=1S/C8H4F5N3/c9-7(10,8(11,12)13)5-3-6-14-1-2-16(6)4-15-5/h1-4H. The van der Waals surface area contributed by atoms with E-state index >= 15 is 0 Å². The summed E-state index contributed by atoms with van der Waals surface area (Å²) in [7, 11) is 0. The monoisotopic (exact) mass is 237 g/mol. The van der Waals surface area contributed by atoms with Gasteiger partial charge < -0.3 is 0 Å². The molecule has 0 aliphatic carbocycles.